The van der Waals surface area contributed by atoms with Crippen LogP contribution in [0.25, 0.3) is 43.0 Å². The van der Waals surface area contributed by atoms with Crippen molar-refractivity contribution in [2.75, 3.05) is 0 Å². The maximum Gasteiger partial charge on any atom is 0.307 e. The molecule has 0 fully saturated rings. The molecular formula is C32H29BrClNO3S. The molecule has 0 radical (unpaired) electrons. The van der Waals surface area contributed by atoms with Gasteiger partial charge in [0.05, 0.1) is 22.2 Å². The van der Waals surface area contributed by atoms with Gasteiger partial charge in [-0.05, 0) is 85.8 Å². The van der Waals surface area contributed by atoms with Gasteiger partial charge in [0, 0.05) is 20.6 Å². The molecule has 4 nitrogen and oxygen atoms in total. The van der Waals surface area contributed by atoms with E-state index >= 15 is 0 Å². The van der Waals surface area contributed by atoms with Gasteiger partial charge in [-0.3, -0.25) is 4.79 Å². The number of halogens is 2. The number of nitrogens with zero attached hydrogens (tertiary/aromatic N) is 1. The molecule has 0 aliphatic heterocycles. The summed E-state index contributed by atoms with van der Waals surface area (Å²) in [7, 11) is 0. The molecule has 0 aliphatic carbocycles. The van der Waals surface area contributed by atoms with E-state index in [1.807, 2.05) is 49.4 Å². The maximum absolute atomic E-state index is 11.7. The number of benzene rings is 4. The lowest BCUT2D eigenvalue weighted by Crippen LogP contribution is -2.10. The molecular weight excluding hydrogens is 594 g/mol. The SMILES string of the molecule is CC(C)(C)O.Cc1cc2nc(-c3ccc(-c4ccc(Br)cc4)cc3)sc2c(-c2ccc(Cl)cc2)c1CC(=O)O. The quantitative estimate of drug-likeness (QED) is 0.205. The molecule has 0 aliphatic rings. The minimum Gasteiger partial charge on any atom is -0.481 e. The Bertz CT molecular complexity index is 1600. The van der Waals surface area contributed by atoms with Crippen molar-refractivity contribution in [2.45, 2.75) is 39.7 Å². The third-order valence-electron chi connectivity index (χ3n) is 5.78. The number of aliphatic carboxylic acids is 1. The highest BCUT2D eigenvalue weighted by Crippen LogP contribution is 2.41. The number of hydrogen-bond donors (Lipinski definition) is 2. The highest BCUT2D eigenvalue weighted by atomic mass is 79.9. The summed E-state index contributed by atoms with van der Waals surface area (Å²) in [6.07, 6.45) is -0.0468. The van der Waals surface area contributed by atoms with Crippen LogP contribution >= 0.6 is 38.9 Å². The summed E-state index contributed by atoms with van der Waals surface area (Å²) in [6, 6.07) is 26.1. The number of fused-ring (bicyclic) bond motifs is 1. The summed E-state index contributed by atoms with van der Waals surface area (Å²) in [6.45, 7) is 7.18. The summed E-state index contributed by atoms with van der Waals surface area (Å²) >= 11 is 11.2. The first-order chi connectivity index (χ1) is 18.4. The zero-order chi connectivity index (χ0) is 28.3. The van der Waals surface area contributed by atoms with Gasteiger partial charge in [-0.15, -0.1) is 11.3 Å². The minimum absolute atomic E-state index is 0.0468. The van der Waals surface area contributed by atoms with Crippen LogP contribution < -0.4 is 0 Å². The van der Waals surface area contributed by atoms with E-state index < -0.39 is 11.6 Å². The zero-order valence-electron chi connectivity index (χ0n) is 22.1. The van der Waals surface area contributed by atoms with Crippen LogP contribution in [-0.2, 0) is 11.2 Å². The number of carbonyl (C=O) groups is 1. The lowest BCUT2D eigenvalue weighted by Gasteiger charge is -2.13. The van der Waals surface area contributed by atoms with E-state index in [-0.39, 0.29) is 6.42 Å². The van der Waals surface area contributed by atoms with Crippen molar-refractivity contribution in [1.82, 2.24) is 4.98 Å². The van der Waals surface area contributed by atoms with E-state index in [4.69, 9.17) is 21.7 Å². The van der Waals surface area contributed by atoms with E-state index in [2.05, 4.69) is 52.3 Å². The zero-order valence-corrected chi connectivity index (χ0v) is 25.3. The van der Waals surface area contributed by atoms with E-state index in [1.54, 1.807) is 32.1 Å². The number of carboxylic acids is 1. The fourth-order valence-corrected chi connectivity index (χ4v) is 5.64. The van der Waals surface area contributed by atoms with Gasteiger partial charge >= 0.3 is 5.97 Å². The van der Waals surface area contributed by atoms with Crippen molar-refractivity contribution in [3.8, 4) is 32.8 Å². The summed E-state index contributed by atoms with van der Waals surface area (Å²) in [5.74, 6) is -0.856. The summed E-state index contributed by atoms with van der Waals surface area (Å²) in [5, 5.41) is 19.6. The number of rotatable bonds is 5. The molecule has 7 heteroatoms. The molecule has 0 spiro atoms. The van der Waals surface area contributed by atoms with Gasteiger partial charge in [0.25, 0.3) is 0 Å². The molecule has 39 heavy (non-hydrogen) atoms. The van der Waals surface area contributed by atoms with Crippen LogP contribution in [0.2, 0.25) is 5.02 Å². The third kappa shape index (κ3) is 7.55. The first-order valence-corrected chi connectivity index (χ1v) is 14.4. The van der Waals surface area contributed by atoms with E-state index in [1.165, 1.54) is 0 Å². The topological polar surface area (TPSA) is 70.4 Å². The molecule has 0 saturated carbocycles. The molecule has 4 aromatic carbocycles. The first kappa shape index (κ1) is 29.0. The Morgan fingerprint density at radius 3 is 1.92 bits per heavy atom. The number of hydrogen-bond acceptors (Lipinski definition) is 4. The highest BCUT2D eigenvalue weighted by Gasteiger charge is 2.19. The smallest absolute Gasteiger partial charge is 0.307 e. The molecule has 1 heterocycles. The first-order valence-electron chi connectivity index (χ1n) is 12.4. The fraction of sp³-hybridized carbons (Fsp3) is 0.188. The minimum atomic E-state index is -0.856. The van der Waals surface area contributed by atoms with Crippen molar-refractivity contribution in [1.29, 1.82) is 0 Å². The molecule has 2 N–H and O–H groups in total. The van der Waals surface area contributed by atoms with E-state index in [9.17, 15) is 9.90 Å². The lowest BCUT2D eigenvalue weighted by molar-refractivity contribution is -0.136. The molecule has 0 unspecified atom stereocenters. The van der Waals surface area contributed by atoms with Gasteiger partial charge in [0.2, 0.25) is 0 Å². The van der Waals surface area contributed by atoms with Crippen molar-refractivity contribution in [2.24, 2.45) is 0 Å². The summed E-state index contributed by atoms with van der Waals surface area (Å²) in [5.41, 5.74) is 7.27. The lowest BCUT2D eigenvalue weighted by atomic mass is 9.93. The van der Waals surface area contributed by atoms with Crippen LogP contribution in [0.15, 0.2) is 83.3 Å². The number of aryl methyl sites for hydroxylation is 1. The van der Waals surface area contributed by atoms with Crippen molar-refractivity contribution < 1.29 is 15.0 Å². The second-order valence-electron chi connectivity index (χ2n) is 10.2. The molecule has 0 atom stereocenters. The van der Waals surface area contributed by atoms with E-state index in [0.29, 0.717) is 5.02 Å². The van der Waals surface area contributed by atoms with Crippen molar-refractivity contribution in [3.05, 3.63) is 99.5 Å². The van der Waals surface area contributed by atoms with Crippen molar-refractivity contribution >= 4 is 55.1 Å². The molecule has 5 rings (SSSR count). The fourth-order valence-electron chi connectivity index (χ4n) is 4.11. The molecule has 0 bridgehead atoms. The Kier molecular flexibility index (Phi) is 8.92. The number of aromatic nitrogens is 1. The van der Waals surface area contributed by atoms with Gasteiger partial charge in [-0.2, -0.15) is 0 Å². The molecule has 0 amide bonds. The van der Waals surface area contributed by atoms with Gasteiger partial charge in [0.15, 0.2) is 0 Å². The van der Waals surface area contributed by atoms with Gasteiger partial charge in [-0.1, -0.05) is 76.1 Å². The second kappa shape index (κ2) is 12.0. The Balaban J connectivity index is 0.000000648. The molecule has 200 valence electrons. The highest BCUT2D eigenvalue weighted by molar-refractivity contribution is 9.10. The molecule has 0 saturated heterocycles. The number of aliphatic hydroxyl groups is 1. The third-order valence-corrected chi connectivity index (χ3v) is 7.70. The standard InChI is InChI=1S/C28H19BrClNO2S.C4H10O/c1-16-14-24-27(26(23(16)15-25(32)33)19-8-12-22(30)13-9-19)34-28(31-24)20-4-2-17(3-5-20)18-6-10-21(29)11-7-18;1-4(2,3)5/h2-14H,15H2,1H3,(H,32,33);5H,1-3H3. The average molecular weight is 623 g/mol. The Hall–Kier alpha value is -3.03. The summed E-state index contributed by atoms with van der Waals surface area (Å²) in [4.78, 5) is 16.6. The monoisotopic (exact) mass is 621 g/mol. The van der Waals surface area contributed by atoms with E-state index in [0.717, 1.165) is 58.6 Å². The number of carboxylic acid groups (broad SMARTS) is 1. The summed E-state index contributed by atoms with van der Waals surface area (Å²) < 4.78 is 2.03. The van der Waals surface area contributed by atoms with Crippen LogP contribution in [-0.4, -0.2) is 26.8 Å². The predicted molar refractivity (Wildman–Crippen MR) is 167 cm³/mol. The predicted octanol–water partition coefficient (Wildman–Crippen LogP) is 9.43. The largest absolute Gasteiger partial charge is 0.481 e. The van der Waals surface area contributed by atoms with Crippen molar-refractivity contribution in [3.63, 3.8) is 0 Å². The van der Waals surface area contributed by atoms with Gasteiger partial charge in [0.1, 0.15) is 5.01 Å². The van der Waals surface area contributed by atoms with Crippen LogP contribution in [0, 0.1) is 6.92 Å². The Labute approximate surface area is 246 Å². The molecule has 5 aromatic rings. The Morgan fingerprint density at radius 2 is 1.38 bits per heavy atom. The maximum atomic E-state index is 11.7. The number of thiazole rings is 1. The normalized spacial score (nSPS) is 11.3. The van der Waals surface area contributed by atoms with Crippen LogP contribution in [0.3, 0.4) is 0 Å². The molecule has 1 aromatic heterocycles. The van der Waals surface area contributed by atoms with Crippen LogP contribution in [0.1, 0.15) is 31.9 Å². The van der Waals surface area contributed by atoms with Crippen LogP contribution in [0.5, 0.6) is 0 Å². The van der Waals surface area contributed by atoms with Gasteiger partial charge < -0.3 is 10.2 Å². The van der Waals surface area contributed by atoms with Gasteiger partial charge in [-0.25, -0.2) is 4.98 Å². The Morgan fingerprint density at radius 1 is 0.897 bits per heavy atom. The van der Waals surface area contributed by atoms with Crippen LogP contribution in [0.4, 0.5) is 0 Å². The second-order valence-corrected chi connectivity index (χ2v) is 12.6. The average Bonchev–Trinajstić information content (AvgIpc) is 3.28.